The molecule has 0 spiro atoms. The summed E-state index contributed by atoms with van der Waals surface area (Å²) in [7, 11) is 0. The summed E-state index contributed by atoms with van der Waals surface area (Å²) in [5.41, 5.74) is 6.56. The van der Waals surface area contributed by atoms with Crippen molar-refractivity contribution in [3.8, 4) is 0 Å². The van der Waals surface area contributed by atoms with Gasteiger partial charge >= 0.3 is 0 Å². The third-order valence-electron chi connectivity index (χ3n) is 3.73. The summed E-state index contributed by atoms with van der Waals surface area (Å²) in [5.74, 6) is 1.43. The Kier molecular flexibility index (Phi) is 3.65. The van der Waals surface area contributed by atoms with Gasteiger partial charge in [-0.3, -0.25) is 9.36 Å². The van der Waals surface area contributed by atoms with E-state index in [9.17, 15) is 4.79 Å². The van der Waals surface area contributed by atoms with E-state index in [0.717, 1.165) is 11.4 Å². The molecule has 0 saturated heterocycles. The highest BCUT2D eigenvalue weighted by Gasteiger charge is 2.32. The Morgan fingerprint density at radius 1 is 1.38 bits per heavy atom. The van der Waals surface area contributed by atoms with Crippen molar-refractivity contribution in [2.24, 2.45) is 5.73 Å². The molecule has 0 radical (unpaired) electrons. The molecule has 1 atom stereocenters. The molecule has 0 fully saturated rings. The molecule has 2 N–H and O–H groups in total. The molecule has 1 aromatic heterocycles. The van der Waals surface area contributed by atoms with Gasteiger partial charge in [0.15, 0.2) is 5.82 Å². The number of halogens is 1. The van der Waals surface area contributed by atoms with Crippen molar-refractivity contribution < 1.29 is 4.79 Å². The number of amides is 1. The monoisotopic (exact) mass is 305 g/mol. The lowest BCUT2D eigenvalue weighted by molar-refractivity contribution is -0.137. The van der Waals surface area contributed by atoms with E-state index >= 15 is 0 Å². The zero-order valence-corrected chi connectivity index (χ0v) is 12.4. The van der Waals surface area contributed by atoms with Crippen LogP contribution < -0.4 is 5.73 Å². The Balaban J connectivity index is 1.89. The van der Waals surface area contributed by atoms with E-state index in [1.54, 1.807) is 4.90 Å². The van der Waals surface area contributed by atoms with Gasteiger partial charge in [0.2, 0.25) is 5.91 Å². The summed E-state index contributed by atoms with van der Waals surface area (Å²) in [6.45, 7) is 3.00. The first-order chi connectivity index (χ1) is 10.1. The fourth-order valence-corrected chi connectivity index (χ4v) is 2.84. The van der Waals surface area contributed by atoms with Gasteiger partial charge in [-0.2, -0.15) is 0 Å². The topological polar surface area (TPSA) is 77.0 Å². The highest BCUT2D eigenvalue weighted by molar-refractivity contribution is 6.31. The van der Waals surface area contributed by atoms with Crippen LogP contribution in [-0.4, -0.2) is 25.6 Å². The molecular weight excluding hydrogens is 290 g/mol. The summed E-state index contributed by atoms with van der Waals surface area (Å²) in [6.07, 6.45) is 0. The Morgan fingerprint density at radius 3 is 2.86 bits per heavy atom. The average molecular weight is 306 g/mol. The maximum Gasteiger partial charge on any atom is 0.246 e. The van der Waals surface area contributed by atoms with Crippen molar-refractivity contribution in [1.82, 2.24) is 19.7 Å². The second-order valence-corrected chi connectivity index (χ2v) is 5.48. The predicted octanol–water partition coefficient (Wildman–Crippen LogP) is 1.49. The van der Waals surface area contributed by atoms with Crippen molar-refractivity contribution in [2.45, 2.75) is 32.6 Å². The van der Waals surface area contributed by atoms with Crippen molar-refractivity contribution in [1.29, 1.82) is 0 Å². The molecule has 6 nitrogen and oxygen atoms in total. The third kappa shape index (κ3) is 2.41. The lowest BCUT2D eigenvalue weighted by atomic mass is 10.1. The number of carbonyl (C=O) groups excluding carboxylic acids is 1. The van der Waals surface area contributed by atoms with Gasteiger partial charge in [-0.1, -0.05) is 29.8 Å². The smallest absolute Gasteiger partial charge is 0.246 e. The minimum absolute atomic E-state index is 0.0249. The normalized spacial score (nSPS) is 18.0. The van der Waals surface area contributed by atoms with Crippen LogP contribution in [0.5, 0.6) is 0 Å². The number of hydrogen-bond donors (Lipinski definition) is 1. The van der Waals surface area contributed by atoms with Gasteiger partial charge in [-0.15, -0.1) is 10.2 Å². The molecule has 1 aliphatic rings. The molecule has 0 unspecified atom stereocenters. The van der Waals surface area contributed by atoms with Crippen LogP contribution in [0, 0.1) is 0 Å². The van der Waals surface area contributed by atoms with Gasteiger partial charge in [0.1, 0.15) is 11.9 Å². The standard InChI is InChI=1S/C14H16ClN5O/c1-9-14(21)19(7-10-4-2-3-5-11(10)15)8-13-18-17-12(6-16)20(9)13/h2-5,9H,6-8,16H2,1H3/t9-/m0/s1. The number of nitrogens with two attached hydrogens (primary N) is 1. The van der Waals surface area contributed by atoms with Crippen LogP contribution in [0.4, 0.5) is 0 Å². The van der Waals surface area contributed by atoms with Crippen molar-refractivity contribution >= 4 is 17.5 Å². The number of benzene rings is 1. The summed E-state index contributed by atoms with van der Waals surface area (Å²) < 4.78 is 1.82. The Bertz CT molecular complexity index is 684. The highest BCUT2D eigenvalue weighted by Crippen LogP contribution is 2.25. The molecular formula is C14H16ClN5O. The zero-order chi connectivity index (χ0) is 15.0. The summed E-state index contributed by atoms with van der Waals surface area (Å²) in [4.78, 5) is 14.3. The molecule has 3 rings (SSSR count). The maximum atomic E-state index is 12.5. The molecule has 2 aromatic rings. The molecule has 21 heavy (non-hydrogen) atoms. The number of rotatable bonds is 3. The van der Waals surface area contributed by atoms with Gasteiger partial charge in [-0.25, -0.2) is 0 Å². The van der Waals surface area contributed by atoms with Gasteiger partial charge < -0.3 is 10.6 Å². The Hall–Kier alpha value is -1.92. The summed E-state index contributed by atoms with van der Waals surface area (Å²) in [5, 5.41) is 8.84. The SMILES string of the molecule is C[C@H]1C(=O)N(Cc2ccccc2Cl)Cc2nnc(CN)n21. The van der Waals surface area contributed by atoms with E-state index in [-0.39, 0.29) is 18.5 Å². The van der Waals surface area contributed by atoms with E-state index < -0.39 is 0 Å². The molecule has 1 amide bonds. The number of aromatic nitrogens is 3. The van der Waals surface area contributed by atoms with Crippen LogP contribution in [0.2, 0.25) is 5.02 Å². The first-order valence-electron chi connectivity index (χ1n) is 6.76. The van der Waals surface area contributed by atoms with Crippen molar-refractivity contribution in [3.63, 3.8) is 0 Å². The van der Waals surface area contributed by atoms with Crippen LogP contribution in [-0.2, 0) is 24.4 Å². The van der Waals surface area contributed by atoms with Crippen LogP contribution in [0.1, 0.15) is 30.2 Å². The zero-order valence-electron chi connectivity index (χ0n) is 11.7. The lowest BCUT2D eigenvalue weighted by Gasteiger charge is -2.32. The minimum atomic E-state index is -0.343. The third-order valence-corrected chi connectivity index (χ3v) is 4.10. The predicted molar refractivity (Wildman–Crippen MR) is 78.3 cm³/mol. The van der Waals surface area contributed by atoms with E-state index in [2.05, 4.69) is 10.2 Å². The fraction of sp³-hybridized carbons (Fsp3) is 0.357. The Labute approximate surface area is 127 Å². The van der Waals surface area contributed by atoms with E-state index in [4.69, 9.17) is 17.3 Å². The highest BCUT2D eigenvalue weighted by atomic mass is 35.5. The van der Waals surface area contributed by atoms with Gasteiger partial charge in [0.05, 0.1) is 13.1 Å². The van der Waals surface area contributed by atoms with E-state index in [1.807, 2.05) is 35.8 Å². The maximum absolute atomic E-state index is 12.5. The molecule has 0 aliphatic carbocycles. The van der Waals surface area contributed by atoms with Gasteiger partial charge in [0, 0.05) is 11.6 Å². The number of hydrogen-bond acceptors (Lipinski definition) is 4. The quantitative estimate of drug-likeness (QED) is 0.932. The van der Waals surface area contributed by atoms with Crippen LogP contribution in [0.25, 0.3) is 0 Å². The van der Waals surface area contributed by atoms with Crippen LogP contribution >= 0.6 is 11.6 Å². The average Bonchev–Trinajstić information content (AvgIpc) is 2.89. The van der Waals surface area contributed by atoms with Crippen LogP contribution in [0.3, 0.4) is 0 Å². The minimum Gasteiger partial charge on any atom is -0.329 e. The fourth-order valence-electron chi connectivity index (χ4n) is 2.64. The van der Waals surface area contributed by atoms with E-state index in [1.165, 1.54) is 0 Å². The molecule has 1 aliphatic heterocycles. The van der Waals surface area contributed by atoms with Crippen LogP contribution in [0.15, 0.2) is 24.3 Å². The van der Waals surface area contributed by atoms with Crippen molar-refractivity contribution in [2.75, 3.05) is 0 Å². The number of nitrogens with zero attached hydrogens (tertiary/aromatic N) is 4. The molecule has 1 aromatic carbocycles. The molecule has 0 saturated carbocycles. The van der Waals surface area contributed by atoms with E-state index in [0.29, 0.717) is 23.9 Å². The summed E-state index contributed by atoms with van der Waals surface area (Å²) in [6, 6.07) is 7.18. The number of fused-ring (bicyclic) bond motifs is 1. The molecule has 110 valence electrons. The van der Waals surface area contributed by atoms with Crippen molar-refractivity contribution in [3.05, 3.63) is 46.5 Å². The first kappa shape index (κ1) is 14.0. The Morgan fingerprint density at radius 2 is 2.14 bits per heavy atom. The largest absolute Gasteiger partial charge is 0.329 e. The number of carbonyl (C=O) groups is 1. The molecule has 0 bridgehead atoms. The summed E-state index contributed by atoms with van der Waals surface area (Å²) >= 11 is 6.17. The molecule has 7 heteroatoms. The molecule has 2 heterocycles. The van der Waals surface area contributed by atoms with Gasteiger partial charge in [-0.05, 0) is 18.6 Å². The lowest BCUT2D eigenvalue weighted by Crippen LogP contribution is -2.41. The van der Waals surface area contributed by atoms with Gasteiger partial charge in [0.25, 0.3) is 0 Å². The second kappa shape index (κ2) is 5.46. The second-order valence-electron chi connectivity index (χ2n) is 5.07. The first-order valence-corrected chi connectivity index (χ1v) is 7.14.